The van der Waals surface area contributed by atoms with E-state index >= 15 is 0 Å². The third kappa shape index (κ3) is 3.92. The van der Waals surface area contributed by atoms with Crippen LogP contribution in [0.1, 0.15) is 30.2 Å². The first kappa shape index (κ1) is 18.4. The monoisotopic (exact) mass is 367 g/mol. The van der Waals surface area contributed by atoms with Crippen molar-refractivity contribution in [3.63, 3.8) is 0 Å². The number of anilines is 1. The Morgan fingerprint density at radius 2 is 1.85 bits per heavy atom. The van der Waals surface area contributed by atoms with E-state index in [-0.39, 0.29) is 12.6 Å². The van der Waals surface area contributed by atoms with Gasteiger partial charge >= 0.3 is 5.97 Å². The molecule has 140 valence electrons. The summed E-state index contributed by atoms with van der Waals surface area (Å²) in [5.41, 5.74) is 0.381. The smallest absolute Gasteiger partial charge is 0.339 e. The van der Waals surface area contributed by atoms with Crippen molar-refractivity contribution in [1.82, 2.24) is 9.78 Å². The molecule has 2 aromatic carbocycles. The lowest BCUT2D eigenvalue weighted by Crippen LogP contribution is -2.23. The van der Waals surface area contributed by atoms with E-state index in [9.17, 15) is 9.59 Å². The molecule has 0 atom stereocenters. The van der Waals surface area contributed by atoms with Crippen molar-refractivity contribution in [1.29, 1.82) is 0 Å². The van der Waals surface area contributed by atoms with E-state index in [4.69, 9.17) is 9.47 Å². The molecular weight excluding hydrogens is 346 g/mol. The zero-order chi connectivity index (χ0) is 19.4. The van der Waals surface area contributed by atoms with Gasteiger partial charge in [-0.05, 0) is 31.4 Å². The molecule has 0 fully saturated rings. The van der Waals surface area contributed by atoms with Crippen LogP contribution in [0.15, 0.2) is 48.7 Å². The van der Waals surface area contributed by atoms with Crippen molar-refractivity contribution in [3.8, 4) is 5.75 Å². The summed E-state index contributed by atoms with van der Waals surface area (Å²) < 4.78 is 12.2. The first-order valence-corrected chi connectivity index (χ1v) is 8.57. The minimum atomic E-state index is -0.568. The van der Waals surface area contributed by atoms with Crippen LogP contribution in [-0.2, 0) is 9.53 Å². The Hall–Kier alpha value is -3.35. The van der Waals surface area contributed by atoms with Crippen molar-refractivity contribution in [2.75, 3.05) is 19.0 Å². The van der Waals surface area contributed by atoms with Gasteiger partial charge < -0.3 is 14.8 Å². The summed E-state index contributed by atoms with van der Waals surface area (Å²) in [4.78, 5) is 24.6. The van der Waals surface area contributed by atoms with Crippen LogP contribution >= 0.6 is 0 Å². The highest BCUT2D eigenvalue weighted by molar-refractivity contribution is 6.07. The molecule has 0 bridgehead atoms. The number of hydrogen-bond donors (Lipinski definition) is 1. The predicted octanol–water partition coefficient (Wildman–Crippen LogP) is 3.42. The zero-order valence-electron chi connectivity index (χ0n) is 15.4. The van der Waals surface area contributed by atoms with Crippen LogP contribution in [0.2, 0.25) is 0 Å². The molecule has 0 aliphatic rings. The highest BCUT2D eigenvalue weighted by Gasteiger charge is 2.16. The van der Waals surface area contributed by atoms with Crippen molar-refractivity contribution >= 4 is 28.5 Å². The van der Waals surface area contributed by atoms with Gasteiger partial charge in [0.05, 0.1) is 18.9 Å². The van der Waals surface area contributed by atoms with Crippen LogP contribution in [0.5, 0.6) is 5.75 Å². The van der Waals surface area contributed by atoms with Crippen LogP contribution in [-0.4, -0.2) is 35.4 Å². The summed E-state index contributed by atoms with van der Waals surface area (Å²) in [5.74, 6) is 0.229. The molecule has 3 aromatic rings. The van der Waals surface area contributed by atoms with Gasteiger partial charge in [-0.25, -0.2) is 9.48 Å². The van der Waals surface area contributed by atoms with E-state index in [2.05, 4.69) is 10.4 Å². The first-order chi connectivity index (χ1) is 13.0. The second-order valence-electron chi connectivity index (χ2n) is 6.24. The average Bonchev–Trinajstić information content (AvgIpc) is 3.13. The number of aromatic nitrogens is 2. The van der Waals surface area contributed by atoms with Gasteiger partial charge in [0.25, 0.3) is 5.91 Å². The lowest BCUT2D eigenvalue weighted by molar-refractivity contribution is -0.119. The Labute approximate surface area is 156 Å². The number of nitrogens with one attached hydrogen (secondary N) is 1. The summed E-state index contributed by atoms with van der Waals surface area (Å²) in [6.45, 7) is 3.53. The van der Waals surface area contributed by atoms with E-state index in [0.717, 1.165) is 5.39 Å². The molecule has 3 rings (SSSR count). The number of hydrogen-bond acceptors (Lipinski definition) is 5. The maximum atomic E-state index is 12.5. The van der Waals surface area contributed by atoms with Crippen LogP contribution in [0, 0.1) is 0 Å². The summed E-state index contributed by atoms with van der Waals surface area (Å²) >= 11 is 0. The molecule has 0 saturated carbocycles. The third-order valence-corrected chi connectivity index (χ3v) is 4.09. The topological polar surface area (TPSA) is 82.4 Å². The fourth-order valence-corrected chi connectivity index (χ4v) is 2.84. The Morgan fingerprint density at radius 3 is 2.56 bits per heavy atom. The number of carbonyl (C=O) groups excluding carboxylic acids is 2. The van der Waals surface area contributed by atoms with E-state index in [1.54, 1.807) is 36.2 Å². The SMILES string of the molecule is COc1ccc(C(=O)OCC(=O)Nc2ccnn2C(C)C)c2ccccc12. The Balaban J connectivity index is 1.70. The summed E-state index contributed by atoms with van der Waals surface area (Å²) in [5, 5.41) is 8.36. The Morgan fingerprint density at radius 1 is 1.11 bits per heavy atom. The Kier molecular flexibility index (Phi) is 5.40. The summed E-state index contributed by atoms with van der Waals surface area (Å²) in [6, 6.07) is 12.5. The second-order valence-corrected chi connectivity index (χ2v) is 6.24. The van der Waals surface area contributed by atoms with Crippen LogP contribution in [0.25, 0.3) is 10.8 Å². The van der Waals surface area contributed by atoms with Crippen molar-refractivity contribution in [2.24, 2.45) is 0 Å². The molecule has 0 unspecified atom stereocenters. The Bertz CT molecular complexity index is 978. The normalized spacial score (nSPS) is 10.8. The second kappa shape index (κ2) is 7.90. The van der Waals surface area contributed by atoms with Gasteiger partial charge in [-0.2, -0.15) is 5.10 Å². The lowest BCUT2D eigenvalue weighted by Gasteiger charge is -2.12. The van der Waals surface area contributed by atoms with Crippen LogP contribution in [0.3, 0.4) is 0 Å². The van der Waals surface area contributed by atoms with Gasteiger partial charge in [0.2, 0.25) is 0 Å². The number of nitrogens with zero attached hydrogens (tertiary/aromatic N) is 2. The number of ether oxygens (including phenoxy) is 2. The van der Waals surface area contributed by atoms with Gasteiger partial charge in [0.1, 0.15) is 11.6 Å². The van der Waals surface area contributed by atoms with Gasteiger partial charge in [-0.3, -0.25) is 4.79 Å². The predicted molar refractivity (Wildman–Crippen MR) is 102 cm³/mol. The van der Waals surface area contributed by atoms with Gasteiger partial charge in [0, 0.05) is 17.5 Å². The maximum absolute atomic E-state index is 12.5. The minimum absolute atomic E-state index is 0.100. The fourth-order valence-electron chi connectivity index (χ4n) is 2.84. The largest absolute Gasteiger partial charge is 0.496 e. The number of fused-ring (bicyclic) bond motifs is 1. The first-order valence-electron chi connectivity index (χ1n) is 8.57. The number of benzene rings is 2. The van der Waals surface area contributed by atoms with E-state index < -0.39 is 11.9 Å². The molecule has 1 aromatic heterocycles. The number of rotatable bonds is 6. The van der Waals surface area contributed by atoms with E-state index in [1.807, 2.05) is 38.1 Å². The molecule has 0 aliphatic carbocycles. The van der Waals surface area contributed by atoms with Crippen LogP contribution < -0.4 is 10.1 Å². The third-order valence-electron chi connectivity index (χ3n) is 4.09. The molecule has 0 radical (unpaired) electrons. The standard InChI is InChI=1S/C20H21N3O4/c1-13(2)23-18(10-11-21-23)22-19(24)12-27-20(25)16-8-9-17(26-3)15-7-5-4-6-14(15)16/h4-11,13H,12H2,1-3H3,(H,22,24). The quantitative estimate of drug-likeness (QED) is 0.675. The van der Waals surface area contributed by atoms with Crippen molar-refractivity contribution < 1.29 is 19.1 Å². The van der Waals surface area contributed by atoms with Crippen LogP contribution in [0.4, 0.5) is 5.82 Å². The number of methoxy groups -OCH3 is 1. The van der Waals surface area contributed by atoms with Gasteiger partial charge in [-0.15, -0.1) is 0 Å². The minimum Gasteiger partial charge on any atom is -0.496 e. The molecule has 1 heterocycles. The number of carbonyl (C=O) groups is 2. The molecule has 0 aliphatic heterocycles. The zero-order valence-corrected chi connectivity index (χ0v) is 15.4. The molecule has 0 saturated heterocycles. The van der Waals surface area contributed by atoms with Gasteiger partial charge in [0.15, 0.2) is 6.61 Å². The maximum Gasteiger partial charge on any atom is 0.339 e. The molecule has 27 heavy (non-hydrogen) atoms. The summed E-state index contributed by atoms with van der Waals surface area (Å²) in [6.07, 6.45) is 1.60. The summed E-state index contributed by atoms with van der Waals surface area (Å²) in [7, 11) is 1.58. The van der Waals surface area contributed by atoms with Crippen molar-refractivity contribution in [2.45, 2.75) is 19.9 Å². The molecule has 1 N–H and O–H groups in total. The van der Waals surface area contributed by atoms with E-state index in [0.29, 0.717) is 22.5 Å². The molecular formula is C20H21N3O4. The molecule has 0 spiro atoms. The molecule has 1 amide bonds. The number of amides is 1. The average molecular weight is 367 g/mol. The van der Waals surface area contributed by atoms with Crippen molar-refractivity contribution in [3.05, 3.63) is 54.2 Å². The molecule has 7 heteroatoms. The highest BCUT2D eigenvalue weighted by Crippen LogP contribution is 2.28. The van der Waals surface area contributed by atoms with E-state index in [1.165, 1.54) is 0 Å². The number of esters is 1. The highest BCUT2D eigenvalue weighted by atomic mass is 16.5. The fraction of sp³-hybridized carbons (Fsp3) is 0.250. The van der Waals surface area contributed by atoms with Gasteiger partial charge in [-0.1, -0.05) is 24.3 Å². The molecule has 7 nitrogen and oxygen atoms in total. The lowest BCUT2D eigenvalue weighted by atomic mass is 10.0.